The van der Waals surface area contributed by atoms with E-state index in [2.05, 4.69) is 4.90 Å². The summed E-state index contributed by atoms with van der Waals surface area (Å²) in [5.41, 5.74) is 1.06. The molecule has 0 aromatic heterocycles. The molecule has 0 amide bonds. The summed E-state index contributed by atoms with van der Waals surface area (Å²) in [4.78, 5) is 2.22. The van der Waals surface area contributed by atoms with Crippen molar-refractivity contribution in [2.75, 3.05) is 25.4 Å². The van der Waals surface area contributed by atoms with Crippen LogP contribution in [0.5, 0.6) is 0 Å². The third-order valence-electron chi connectivity index (χ3n) is 3.68. The maximum Gasteiger partial charge on any atom is 0.155 e. The lowest BCUT2D eigenvalue weighted by Crippen LogP contribution is -2.34. The summed E-state index contributed by atoms with van der Waals surface area (Å²) in [5.74, 6) is 0.136. The zero-order valence-corrected chi connectivity index (χ0v) is 12.4. The monoisotopic (exact) mass is 292 g/mol. The summed E-state index contributed by atoms with van der Waals surface area (Å²) in [6.07, 6.45) is 3.58. The number of benzene rings is 1. The predicted octanol–water partition coefficient (Wildman–Crippen LogP) is 1.96. The lowest BCUT2D eigenvalue weighted by Gasteiger charge is -2.26. The molecule has 1 aromatic rings. The molecule has 0 spiro atoms. The summed E-state index contributed by atoms with van der Waals surface area (Å²) in [6, 6.07) is 8.96. The highest BCUT2D eigenvalue weighted by Crippen LogP contribution is 2.13. The Kier molecular flexibility index (Phi) is 5.16. The van der Waals surface area contributed by atoms with Gasteiger partial charge in [-0.2, -0.15) is 5.26 Å². The van der Waals surface area contributed by atoms with E-state index in [9.17, 15) is 8.42 Å². The molecule has 0 N–H and O–H groups in total. The van der Waals surface area contributed by atoms with Gasteiger partial charge in [-0.05, 0) is 37.6 Å². The normalized spacial score (nSPS) is 16.8. The van der Waals surface area contributed by atoms with Crippen molar-refractivity contribution >= 4 is 9.84 Å². The minimum Gasteiger partial charge on any atom is -0.302 e. The highest BCUT2D eigenvalue weighted by Gasteiger charge is 2.17. The van der Waals surface area contributed by atoms with Crippen LogP contribution in [0.25, 0.3) is 0 Å². The molecule has 0 atom stereocenters. The van der Waals surface area contributed by atoms with Gasteiger partial charge in [0.2, 0.25) is 0 Å². The summed E-state index contributed by atoms with van der Waals surface area (Å²) in [5, 5.41) is 9.00. The zero-order chi connectivity index (χ0) is 14.4. The summed E-state index contributed by atoms with van der Waals surface area (Å²) < 4.78 is 24.3. The Morgan fingerprint density at radius 2 is 1.85 bits per heavy atom. The van der Waals surface area contributed by atoms with E-state index < -0.39 is 9.84 Å². The summed E-state index contributed by atoms with van der Waals surface area (Å²) in [6.45, 7) is 2.62. The molecule has 0 saturated carbocycles. The third-order valence-corrected chi connectivity index (χ3v) is 5.24. The van der Waals surface area contributed by atoms with Gasteiger partial charge in [0, 0.05) is 6.54 Å². The van der Waals surface area contributed by atoms with Crippen molar-refractivity contribution in [1.82, 2.24) is 4.90 Å². The maximum absolute atomic E-state index is 12.2. The van der Waals surface area contributed by atoms with Crippen molar-refractivity contribution in [1.29, 1.82) is 5.26 Å². The molecule has 0 radical (unpaired) electrons. The molecular formula is C15H20N2O2S. The van der Waals surface area contributed by atoms with Crippen molar-refractivity contribution in [2.45, 2.75) is 25.0 Å². The minimum atomic E-state index is -3.16. The molecular weight excluding hydrogens is 272 g/mol. The first-order valence-corrected chi connectivity index (χ1v) is 8.84. The Balaban J connectivity index is 1.95. The Labute approximate surface area is 120 Å². The molecule has 2 rings (SSSR count). The standard InChI is InChI=1S/C15H20N2O2S/c16-12-14-6-2-3-7-15(14)13-20(18,19)11-10-17-8-4-1-5-9-17/h2-3,6-7H,1,4-5,8-11,13H2. The first kappa shape index (κ1) is 15.0. The summed E-state index contributed by atoms with van der Waals surface area (Å²) in [7, 11) is -3.16. The first-order chi connectivity index (χ1) is 9.61. The molecule has 108 valence electrons. The van der Waals surface area contributed by atoms with E-state index in [0.29, 0.717) is 17.7 Å². The fourth-order valence-electron chi connectivity index (χ4n) is 2.52. The van der Waals surface area contributed by atoms with Crippen LogP contribution >= 0.6 is 0 Å². The number of hydrogen-bond acceptors (Lipinski definition) is 4. The van der Waals surface area contributed by atoms with Crippen LogP contribution in [-0.4, -0.2) is 38.7 Å². The van der Waals surface area contributed by atoms with Gasteiger partial charge in [-0.15, -0.1) is 0 Å². The van der Waals surface area contributed by atoms with Gasteiger partial charge in [-0.3, -0.25) is 0 Å². The van der Waals surface area contributed by atoms with Crippen molar-refractivity contribution in [3.63, 3.8) is 0 Å². The largest absolute Gasteiger partial charge is 0.302 e. The van der Waals surface area contributed by atoms with Gasteiger partial charge >= 0.3 is 0 Å². The van der Waals surface area contributed by atoms with Crippen LogP contribution in [0, 0.1) is 11.3 Å². The van der Waals surface area contributed by atoms with Crippen LogP contribution in [0.3, 0.4) is 0 Å². The fourth-order valence-corrected chi connectivity index (χ4v) is 3.92. The average Bonchev–Trinajstić information content (AvgIpc) is 2.47. The molecule has 0 unspecified atom stereocenters. The van der Waals surface area contributed by atoms with Gasteiger partial charge in [0.1, 0.15) is 0 Å². The number of hydrogen-bond donors (Lipinski definition) is 0. The van der Waals surface area contributed by atoms with Gasteiger partial charge in [-0.1, -0.05) is 24.6 Å². The Morgan fingerprint density at radius 1 is 1.15 bits per heavy atom. The Hall–Kier alpha value is -1.38. The van der Waals surface area contributed by atoms with Crippen molar-refractivity contribution in [3.05, 3.63) is 35.4 Å². The lowest BCUT2D eigenvalue weighted by atomic mass is 10.1. The van der Waals surface area contributed by atoms with E-state index in [1.807, 2.05) is 6.07 Å². The topological polar surface area (TPSA) is 61.2 Å². The van der Waals surface area contributed by atoms with Crippen LogP contribution in [0.1, 0.15) is 30.4 Å². The van der Waals surface area contributed by atoms with Crippen LogP contribution in [0.4, 0.5) is 0 Å². The first-order valence-electron chi connectivity index (χ1n) is 7.01. The number of likely N-dealkylation sites (tertiary alicyclic amines) is 1. The van der Waals surface area contributed by atoms with Crippen molar-refractivity contribution in [3.8, 4) is 6.07 Å². The molecule has 0 bridgehead atoms. The smallest absolute Gasteiger partial charge is 0.155 e. The lowest BCUT2D eigenvalue weighted by molar-refractivity contribution is 0.241. The van der Waals surface area contributed by atoms with Gasteiger partial charge in [0.25, 0.3) is 0 Å². The molecule has 1 heterocycles. The predicted molar refractivity (Wildman–Crippen MR) is 78.9 cm³/mol. The average molecular weight is 292 g/mol. The molecule has 1 saturated heterocycles. The Bertz CT molecular complexity index is 584. The van der Waals surface area contributed by atoms with Gasteiger partial charge in [0.15, 0.2) is 9.84 Å². The van der Waals surface area contributed by atoms with E-state index in [1.54, 1.807) is 24.3 Å². The van der Waals surface area contributed by atoms with Gasteiger partial charge < -0.3 is 4.90 Å². The third kappa shape index (κ3) is 4.32. The minimum absolute atomic E-state index is 0.0371. The second-order valence-corrected chi connectivity index (χ2v) is 7.45. The van der Waals surface area contributed by atoms with Gasteiger partial charge in [0.05, 0.1) is 23.1 Å². The molecule has 5 heteroatoms. The molecule has 1 aliphatic heterocycles. The second kappa shape index (κ2) is 6.87. The number of piperidine rings is 1. The molecule has 0 aliphatic carbocycles. The molecule has 1 fully saturated rings. The summed E-state index contributed by atoms with van der Waals surface area (Å²) >= 11 is 0. The number of sulfone groups is 1. The van der Waals surface area contributed by atoms with E-state index in [4.69, 9.17) is 5.26 Å². The Morgan fingerprint density at radius 3 is 2.55 bits per heavy atom. The van der Waals surface area contributed by atoms with E-state index in [0.717, 1.165) is 25.9 Å². The SMILES string of the molecule is N#Cc1ccccc1CS(=O)(=O)CCN1CCCCC1. The van der Waals surface area contributed by atoms with Crippen LogP contribution < -0.4 is 0 Å². The van der Waals surface area contributed by atoms with E-state index >= 15 is 0 Å². The van der Waals surface area contributed by atoms with E-state index in [1.165, 1.54) is 6.42 Å². The number of nitriles is 1. The highest BCUT2D eigenvalue weighted by atomic mass is 32.2. The fraction of sp³-hybridized carbons (Fsp3) is 0.533. The second-order valence-electron chi connectivity index (χ2n) is 5.26. The maximum atomic E-state index is 12.2. The molecule has 1 aromatic carbocycles. The zero-order valence-electron chi connectivity index (χ0n) is 11.6. The number of nitrogens with zero attached hydrogens (tertiary/aromatic N) is 2. The van der Waals surface area contributed by atoms with Crippen LogP contribution in [-0.2, 0) is 15.6 Å². The van der Waals surface area contributed by atoms with Gasteiger partial charge in [-0.25, -0.2) is 8.42 Å². The van der Waals surface area contributed by atoms with Crippen molar-refractivity contribution < 1.29 is 8.42 Å². The molecule has 1 aliphatic rings. The quantitative estimate of drug-likeness (QED) is 0.832. The molecule has 4 nitrogen and oxygen atoms in total. The van der Waals surface area contributed by atoms with Crippen LogP contribution in [0.15, 0.2) is 24.3 Å². The molecule has 20 heavy (non-hydrogen) atoms. The highest BCUT2D eigenvalue weighted by molar-refractivity contribution is 7.90. The van der Waals surface area contributed by atoms with Crippen LogP contribution in [0.2, 0.25) is 0 Å². The number of rotatable bonds is 5. The van der Waals surface area contributed by atoms with Crippen molar-refractivity contribution in [2.24, 2.45) is 0 Å². The van der Waals surface area contributed by atoms with E-state index in [-0.39, 0.29) is 11.5 Å².